The number of nitrogens with zero attached hydrogens (tertiary/aromatic N) is 4. The molecule has 4 rings (SSSR count). The van der Waals surface area contributed by atoms with Gasteiger partial charge in [-0.1, -0.05) is 11.6 Å². The quantitative estimate of drug-likeness (QED) is 0.702. The fourth-order valence-corrected chi connectivity index (χ4v) is 2.98. The van der Waals surface area contributed by atoms with Crippen LogP contribution in [0.1, 0.15) is 0 Å². The molecule has 0 spiro atoms. The van der Waals surface area contributed by atoms with Gasteiger partial charge in [0.15, 0.2) is 5.82 Å². The standard InChI is InChI=1S/C20H20ClN5O2/c1-27-17-8-2-14(3-9-17)18-23-19(22-16-6-4-15(21)5-7-16)25-20(24-18)26-10-12-28-13-11-26/h2-9H,10-13H2,1H3,(H,22,23,24,25). The third-order valence-electron chi connectivity index (χ3n) is 4.37. The van der Waals surface area contributed by atoms with Crippen molar-refractivity contribution in [3.8, 4) is 17.1 Å². The highest BCUT2D eigenvalue weighted by molar-refractivity contribution is 6.30. The summed E-state index contributed by atoms with van der Waals surface area (Å²) >= 11 is 5.97. The smallest absolute Gasteiger partial charge is 0.232 e. The fourth-order valence-electron chi connectivity index (χ4n) is 2.86. The number of halogens is 1. The highest BCUT2D eigenvalue weighted by Crippen LogP contribution is 2.24. The van der Waals surface area contributed by atoms with Crippen LogP contribution in [-0.4, -0.2) is 48.4 Å². The lowest BCUT2D eigenvalue weighted by molar-refractivity contribution is 0.122. The Morgan fingerprint density at radius 2 is 1.68 bits per heavy atom. The van der Waals surface area contributed by atoms with Gasteiger partial charge >= 0.3 is 0 Å². The molecule has 0 amide bonds. The number of aromatic nitrogens is 3. The first kappa shape index (κ1) is 18.5. The third kappa shape index (κ3) is 4.32. The third-order valence-corrected chi connectivity index (χ3v) is 4.62. The summed E-state index contributed by atoms with van der Waals surface area (Å²) in [6.45, 7) is 2.80. The highest BCUT2D eigenvalue weighted by atomic mass is 35.5. The Balaban J connectivity index is 1.70. The molecule has 2 heterocycles. The van der Waals surface area contributed by atoms with Crippen molar-refractivity contribution >= 4 is 29.2 Å². The Bertz CT molecular complexity index is 928. The molecule has 0 bridgehead atoms. The number of rotatable bonds is 5. The van der Waals surface area contributed by atoms with Crippen LogP contribution < -0.4 is 15.0 Å². The van der Waals surface area contributed by atoms with Gasteiger partial charge in [-0.15, -0.1) is 0 Å². The number of ether oxygens (including phenoxy) is 2. The molecule has 1 saturated heterocycles. The summed E-state index contributed by atoms with van der Waals surface area (Å²) in [5, 5.41) is 3.91. The largest absolute Gasteiger partial charge is 0.497 e. The number of hydrogen-bond donors (Lipinski definition) is 1. The van der Waals surface area contributed by atoms with Crippen molar-refractivity contribution in [3.05, 3.63) is 53.6 Å². The van der Waals surface area contributed by atoms with Crippen molar-refractivity contribution in [2.24, 2.45) is 0 Å². The molecule has 2 aromatic carbocycles. The van der Waals surface area contributed by atoms with Crippen LogP contribution in [0.5, 0.6) is 5.75 Å². The first-order chi connectivity index (χ1) is 13.7. The van der Waals surface area contributed by atoms with E-state index >= 15 is 0 Å². The maximum absolute atomic E-state index is 5.97. The van der Waals surface area contributed by atoms with E-state index in [9.17, 15) is 0 Å². The van der Waals surface area contributed by atoms with Crippen LogP contribution in [-0.2, 0) is 4.74 Å². The van der Waals surface area contributed by atoms with E-state index < -0.39 is 0 Å². The lowest BCUT2D eigenvalue weighted by atomic mass is 10.2. The molecule has 0 saturated carbocycles. The molecule has 7 nitrogen and oxygen atoms in total. The summed E-state index contributed by atoms with van der Waals surface area (Å²) in [6.07, 6.45) is 0. The highest BCUT2D eigenvalue weighted by Gasteiger charge is 2.17. The number of morpholine rings is 1. The van der Waals surface area contributed by atoms with Crippen molar-refractivity contribution in [2.45, 2.75) is 0 Å². The summed E-state index contributed by atoms with van der Waals surface area (Å²) in [5.41, 5.74) is 1.74. The van der Waals surface area contributed by atoms with Gasteiger partial charge in [-0.05, 0) is 48.5 Å². The lowest BCUT2D eigenvalue weighted by Crippen LogP contribution is -2.37. The van der Waals surface area contributed by atoms with E-state index in [-0.39, 0.29) is 0 Å². The zero-order chi connectivity index (χ0) is 19.3. The normalized spacial score (nSPS) is 14.0. The second-order valence-corrected chi connectivity index (χ2v) is 6.68. The maximum Gasteiger partial charge on any atom is 0.232 e. The predicted octanol–water partition coefficient (Wildman–Crippen LogP) is 3.78. The molecule has 1 aliphatic heterocycles. The van der Waals surface area contributed by atoms with Crippen molar-refractivity contribution in [1.29, 1.82) is 0 Å². The summed E-state index contributed by atoms with van der Waals surface area (Å²) < 4.78 is 10.7. The van der Waals surface area contributed by atoms with Crippen molar-refractivity contribution in [2.75, 3.05) is 43.6 Å². The Labute approximate surface area is 168 Å². The molecular weight excluding hydrogens is 378 g/mol. The minimum absolute atomic E-state index is 0.477. The number of methoxy groups -OCH3 is 1. The molecule has 144 valence electrons. The number of benzene rings is 2. The minimum Gasteiger partial charge on any atom is -0.497 e. The average molecular weight is 398 g/mol. The monoisotopic (exact) mass is 397 g/mol. The summed E-state index contributed by atoms with van der Waals surface area (Å²) in [4.78, 5) is 16.0. The van der Waals surface area contributed by atoms with Gasteiger partial charge in [-0.25, -0.2) is 0 Å². The van der Waals surface area contributed by atoms with E-state index in [2.05, 4.69) is 25.2 Å². The van der Waals surface area contributed by atoms with E-state index in [1.807, 2.05) is 48.5 Å². The molecule has 0 unspecified atom stereocenters. The van der Waals surface area contributed by atoms with Crippen LogP contribution in [0.2, 0.25) is 5.02 Å². The molecule has 28 heavy (non-hydrogen) atoms. The van der Waals surface area contributed by atoms with Gasteiger partial charge in [0.05, 0.1) is 20.3 Å². The van der Waals surface area contributed by atoms with Gasteiger partial charge in [0.25, 0.3) is 0 Å². The fraction of sp³-hybridized carbons (Fsp3) is 0.250. The van der Waals surface area contributed by atoms with Gasteiger partial charge in [0.1, 0.15) is 5.75 Å². The van der Waals surface area contributed by atoms with Crippen LogP contribution in [0.4, 0.5) is 17.6 Å². The van der Waals surface area contributed by atoms with E-state index in [1.54, 1.807) is 7.11 Å². The van der Waals surface area contributed by atoms with Crippen LogP contribution >= 0.6 is 11.6 Å². The summed E-state index contributed by atoms with van der Waals surface area (Å²) in [5.74, 6) is 2.48. The molecule has 1 N–H and O–H groups in total. The molecule has 0 aliphatic carbocycles. The van der Waals surface area contributed by atoms with Crippen LogP contribution in [0.3, 0.4) is 0 Å². The molecule has 1 fully saturated rings. The second-order valence-electron chi connectivity index (χ2n) is 6.24. The Hall–Kier alpha value is -2.90. The molecule has 0 radical (unpaired) electrons. The van der Waals surface area contributed by atoms with Crippen LogP contribution in [0.25, 0.3) is 11.4 Å². The van der Waals surface area contributed by atoms with Gasteiger partial charge in [0, 0.05) is 29.4 Å². The van der Waals surface area contributed by atoms with Crippen LogP contribution in [0, 0.1) is 0 Å². The molecule has 1 aliphatic rings. The zero-order valence-electron chi connectivity index (χ0n) is 15.4. The minimum atomic E-state index is 0.477. The molecule has 0 atom stereocenters. The molecule has 8 heteroatoms. The SMILES string of the molecule is COc1ccc(-c2nc(Nc3ccc(Cl)cc3)nc(N3CCOCC3)n2)cc1. The van der Waals surface area contributed by atoms with Crippen molar-refractivity contribution < 1.29 is 9.47 Å². The van der Waals surface area contributed by atoms with Gasteiger partial charge in [-0.3, -0.25) is 0 Å². The topological polar surface area (TPSA) is 72.4 Å². The van der Waals surface area contributed by atoms with E-state index in [0.717, 1.165) is 30.1 Å². The van der Waals surface area contributed by atoms with E-state index in [4.69, 9.17) is 21.1 Å². The Kier molecular flexibility index (Phi) is 5.55. The average Bonchev–Trinajstić information content (AvgIpc) is 2.76. The lowest BCUT2D eigenvalue weighted by Gasteiger charge is -2.27. The van der Waals surface area contributed by atoms with Gasteiger partial charge < -0.3 is 19.7 Å². The molecule has 3 aromatic rings. The second kappa shape index (κ2) is 8.41. The zero-order valence-corrected chi connectivity index (χ0v) is 16.2. The Morgan fingerprint density at radius 1 is 0.964 bits per heavy atom. The maximum atomic E-state index is 5.97. The number of anilines is 3. The van der Waals surface area contributed by atoms with E-state index in [0.29, 0.717) is 36.0 Å². The number of hydrogen-bond acceptors (Lipinski definition) is 7. The van der Waals surface area contributed by atoms with Crippen LogP contribution in [0.15, 0.2) is 48.5 Å². The Morgan fingerprint density at radius 3 is 2.36 bits per heavy atom. The summed E-state index contributed by atoms with van der Waals surface area (Å²) in [7, 11) is 1.64. The van der Waals surface area contributed by atoms with Crippen molar-refractivity contribution in [3.63, 3.8) is 0 Å². The van der Waals surface area contributed by atoms with Gasteiger partial charge in [-0.2, -0.15) is 15.0 Å². The summed E-state index contributed by atoms with van der Waals surface area (Å²) in [6, 6.07) is 15.0. The predicted molar refractivity (Wildman–Crippen MR) is 110 cm³/mol. The number of nitrogens with one attached hydrogen (secondary N) is 1. The van der Waals surface area contributed by atoms with Crippen molar-refractivity contribution in [1.82, 2.24) is 15.0 Å². The first-order valence-corrected chi connectivity index (χ1v) is 9.35. The molecular formula is C20H20ClN5O2. The van der Waals surface area contributed by atoms with E-state index in [1.165, 1.54) is 0 Å². The molecule has 1 aromatic heterocycles. The first-order valence-electron chi connectivity index (χ1n) is 8.97. The van der Waals surface area contributed by atoms with Gasteiger partial charge in [0.2, 0.25) is 11.9 Å².